The van der Waals surface area contributed by atoms with Crippen LogP contribution in [0.25, 0.3) is 0 Å². The second kappa shape index (κ2) is 5.11. The van der Waals surface area contributed by atoms with Crippen molar-refractivity contribution in [2.75, 3.05) is 0 Å². The SMILES string of the molecule is O=C(N[C@H](Cc1cnc[nH]1)C(=O)O)C1CC2C=CC1C2. The first-order valence-electron chi connectivity index (χ1n) is 6.82. The molecule has 1 saturated carbocycles. The average molecular weight is 275 g/mol. The number of amides is 1. The maximum absolute atomic E-state index is 12.2. The standard InChI is InChI=1S/C14H17N3O3/c18-13(11-4-8-1-2-9(11)3-8)17-12(14(19)20)5-10-6-15-7-16-10/h1-2,6-9,11-12H,3-5H2,(H,15,16)(H,17,18)(H,19,20)/t8?,9?,11?,12-/m1/s1. The van der Waals surface area contributed by atoms with Crippen LogP contribution in [0, 0.1) is 17.8 Å². The Morgan fingerprint density at radius 3 is 2.85 bits per heavy atom. The zero-order valence-electron chi connectivity index (χ0n) is 11.0. The van der Waals surface area contributed by atoms with Crippen molar-refractivity contribution in [3.63, 3.8) is 0 Å². The number of rotatable bonds is 5. The van der Waals surface area contributed by atoms with Crippen molar-refractivity contribution >= 4 is 11.9 Å². The minimum absolute atomic E-state index is 0.0754. The lowest BCUT2D eigenvalue weighted by molar-refractivity contribution is -0.142. The van der Waals surface area contributed by atoms with Gasteiger partial charge in [-0.15, -0.1) is 0 Å². The van der Waals surface area contributed by atoms with Crippen LogP contribution in [0.4, 0.5) is 0 Å². The molecule has 20 heavy (non-hydrogen) atoms. The van der Waals surface area contributed by atoms with Crippen molar-refractivity contribution in [3.8, 4) is 0 Å². The number of H-pyrrole nitrogens is 1. The van der Waals surface area contributed by atoms with Crippen LogP contribution in [-0.4, -0.2) is 33.0 Å². The number of carboxylic acid groups (broad SMARTS) is 1. The molecule has 1 heterocycles. The van der Waals surface area contributed by atoms with Gasteiger partial charge in [-0.1, -0.05) is 12.2 Å². The van der Waals surface area contributed by atoms with Crippen LogP contribution in [0.15, 0.2) is 24.7 Å². The summed E-state index contributed by atoms with van der Waals surface area (Å²) in [5.41, 5.74) is 0.700. The highest BCUT2D eigenvalue weighted by atomic mass is 16.4. The Kier molecular flexibility index (Phi) is 3.30. The Bertz CT molecular complexity index is 538. The van der Waals surface area contributed by atoms with E-state index in [9.17, 15) is 14.7 Å². The third-order valence-corrected chi connectivity index (χ3v) is 4.21. The molecular formula is C14H17N3O3. The van der Waals surface area contributed by atoms with Gasteiger partial charge in [0.05, 0.1) is 6.33 Å². The molecular weight excluding hydrogens is 258 g/mol. The monoisotopic (exact) mass is 275 g/mol. The summed E-state index contributed by atoms with van der Waals surface area (Å²) in [5.74, 6) is -0.470. The van der Waals surface area contributed by atoms with Gasteiger partial charge >= 0.3 is 5.97 Å². The van der Waals surface area contributed by atoms with Crippen LogP contribution in [0.3, 0.4) is 0 Å². The number of hydrogen-bond acceptors (Lipinski definition) is 3. The fourth-order valence-electron chi connectivity index (χ4n) is 3.18. The molecule has 6 heteroatoms. The molecule has 2 bridgehead atoms. The molecule has 4 atom stereocenters. The molecule has 0 spiro atoms. The number of nitrogens with zero attached hydrogens (tertiary/aromatic N) is 1. The number of aliphatic carboxylic acids is 1. The van der Waals surface area contributed by atoms with Crippen LogP contribution in [-0.2, 0) is 16.0 Å². The van der Waals surface area contributed by atoms with E-state index in [2.05, 4.69) is 27.4 Å². The minimum atomic E-state index is -1.02. The predicted molar refractivity (Wildman–Crippen MR) is 70.7 cm³/mol. The summed E-state index contributed by atoms with van der Waals surface area (Å²) in [6.45, 7) is 0. The fraction of sp³-hybridized carbons (Fsp3) is 0.500. The van der Waals surface area contributed by atoms with Crippen molar-refractivity contribution in [2.45, 2.75) is 25.3 Å². The predicted octanol–water partition coefficient (Wildman–Crippen LogP) is 0.734. The first-order chi connectivity index (χ1) is 9.63. The maximum Gasteiger partial charge on any atom is 0.326 e. The second-order valence-electron chi connectivity index (χ2n) is 5.57. The Morgan fingerprint density at radius 1 is 1.45 bits per heavy atom. The van der Waals surface area contributed by atoms with Crippen LogP contribution in [0.5, 0.6) is 0 Å². The molecule has 1 amide bonds. The Labute approximate surface area is 116 Å². The first-order valence-corrected chi connectivity index (χ1v) is 6.82. The second-order valence-corrected chi connectivity index (χ2v) is 5.57. The van der Waals surface area contributed by atoms with Crippen LogP contribution in [0.2, 0.25) is 0 Å². The summed E-state index contributed by atoms with van der Waals surface area (Å²) in [6.07, 6.45) is 9.40. The molecule has 3 rings (SSSR count). The van der Waals surface area contributed by atoms with Gasteiger partial charge in [-0.05, 0) is 24.7 Å². The van der Waals surface area contributed by atoms with E-state index in [1.54, 1.807) is 6.20 Å². The molecule has 1 aromatic heterocycles. The molecule has 1 fully saturated rings. The third kappa shape index (κ3) is 2.45. The molecule has 0 saturated heterocycles. The number of carboxylic acids is 1. The van der Waals surface area contributed by atoms with E-state index < -0.39 is 12.0 Å². The van der Waals surface area contributed by atoms with Crippen LogP contribution < -0.4 is 5.32 Å². The fourth-order valence-corrected chi connectivity index (χ4v) is 3.18. The van der Waals surface area contributed by atoms with Gasteiger partial charge in [-0.3, -0.25) is 4.79 Å². The van der Waals surface area contributed by atoms with Gasteiger partial charge in [0, 0.05) is 24.2 Å². The number of nitrogens with one attached hydrogen (secondary N) is 2. The van der Waals surface area contributed by atoms with E-state index in [-0.39, 0.29) is 24.2 Å². The number of aromatic amines is 1. The topological polar surface area (TPSA) is 95.1 Å². The van der Waals surface area contributed by atoms with E-state index in [4.69, 9.17) is 0 Å². The minimum Gasteiger partial charge on any atom is -0.480 e. The molecule has 6 nitrogen and oxygen atoms in total. The van der Waals surface area contributed by atoms with E-state index in [1.807, 2.05) is 0 Å². The van der Waals surface area contributed by atoms with Crippen molar-refractivity contribution in [3.05, 3.63) is 30.4 Å². The van der Waals surface area contributed by atoms with Gasteiger partial charge in [0.1, 0.15) is 6.04 Å². The summed E-state index contributed by atoms with van der Waals surface area (Å²) < 4.78 is 0. The summed E-state index contributed by atoms with van der Waals surface area (Å²) in [5, 5.41) is 11.9. The largest absolute Gasteiger partial charge is 0.480 e. The number of imidazole rings is 1. The van der Waals surface area contributed by atoms with Crippen LogP contribution >= 0.6 is 0 Å². The molecule has 0 radical (unpaired) electrons. The van der Waals surface area contributed by atoms with E-state index >= 15 is 0 Å². The van der Waals surface area contributed by atoms with Gasteiger partial charge in [-0.2, -0.15) is 0 Å². The molecule has 3 unspecified atom stereocenters. The van der Waals surface area contributed by atoms with E-state index in [0.717, 1.165) is 12.8 Å². The summed E-state index contributed by atoms with van der Waals surface area (Å²) >= 11 is 0. The number of aromatic nitrogens is 2. The van der Waals surface area contributed by atoms with Gasteiger partial charge < -0.3 is 15.4 Å². The Balaban J connectivity index is 1.63. The number of fused-ring (bicyclic) bond motifs is 2. The smallest absolute Gasteiger partial charge is 0.326 e. The van der Waals surface area contributed by atoms with Gasteiger partial charge in [0.2, 0.25) is 5.91 Å². The normalized spacial score (nSPS) is 28.5. The number of carbonyl (C=O) groups excluding carboxylic acids is 1. The molecule has 3 N–H and O–H groups in total. The van der Waals surface area contributed by atoms with Crippen molar-refractivity contribution < 1.29 is 14.7 Å². The first kappa shape index (κ1) is 12.9. The van der Waals surface area contributed by atoms with Gasteiger partial charge in [-0.25, -0.2) is 9.78 Å². The number of hydrogen-bond donors (Lipinski definition) is 3. The zero-order chi connectivity index (χ0) is 14.1. The molecule has 2 aliphatic carbocycles. The Morgan fingerprint density at radius 2 is 2.30 bits per heavy atom. The van der Waals surface area contributed by atoms with Gasteiger partial charge in [0.15, 0.2) is 0 Å². The number of carbonyl (C=O) groups is 2. The molecule has 1 aromatic rings. The van der Waals surface area contributed by atoms with E-state index in [0.29, 0.717) is 11.6 Å². The zero-order valence-corrected chi connectivity index (χ0v) is 11.0. The summed E-state index contributed by atoms with van der Waals surface area (Å²) in [7, 11) is 0. The summed E-state index contributed by atoms with van der Waals surface area (Å²) in [6, 6.07) is -0.911. The summed E-state index contributed by atoms with van der Waals surface area (Å²) in [4.78, 5) is 30.2. The highest BCUT2D eigenvalue weighted by molar-refractivity contribution is 5.85. The molecule has 2 aliphatic rings. The number of allylic oxidation sites excluding steroid dienone is 2. The Hall–Kier alpha value is -2.11. The van der Waals surface area contributed by atoms with Crippen molar-refractivity contribution in [1.82, 2.24) is 15.3 Å². The lowest BCUT2D eigenvalue weighted by Crippen LogP contribution is -2.45. The van der Waals surface area contributed by atoms with Crippen LogP contribution in [0.1, 0.15) is 18.5 Å². The highest BCUT2D eigenvalue weighted by Crippen LogP contribution is 2.43. The third-order valence-electron chi connectivity index (χ3n) is 4.21. The molecule has 106 valence electrons. The molecule has 0 aromatic carbocycles. The van der Waals surface area contributed by atoms with Crippen molar-refractivity contribution in [2.24, 2.45) is 17.8 Å². The quantitative estimate of drug-likeness (QED) is 0.690. The average Bonchev–Trinajstić information content (AvgIpc) is 3.14. The lowest BCUT2D eigenvalue weighted by atomic mass is 9.92. The highest BCUT2D eigenvalue weighted by Gasteiger charge is 2.40. The lowest BCUT2D eigenvalue weighted by Gasteiger charge is -2.20. The van der Waals surface area contributed by atoms with Gasteiger partial charge in [0.25, 0.3) is 0 Å². The van der Waals surface area contributed by atoms with E-state index in [1.165, 1.54) is 6.33 Å². The molecule has 0 aliphatic heterocycles. The van der Waals surface area contributed by atoms with Crippen molar-refractivity contribution in [1.29, 1.82) is 0 Å². The maximum atomic E-state index is 12.2.